The Balaban J connectivity index is 2.06. The first-order valence-corrected chi connectivity index (χ1v) is 8.23. The van der Waals surface area contributed by atoms with Crippen LogP contribution in [0.2, 0.25) is 0 Å². The number of nitrogens with one attached hydrogen (secondary N) is 3. The maximum atomic E-state index is 12.3. The van der Waals surface area contributed by atoms with Gasteiger partial charge in [-0.3, -0.25) is 9.59 Å². The van der Waals surface area contributed by atoms with Crippen LogP contribution in [0.4, 0.5) is 5.69 Å². The van der Waals surface area contributed by atoms with Crippen molar-refractivity contribution >= 4 is 17.5 Å². The average Bonchev–Trinajstić information content (AvgIpc) is 2.68. The van der Waals surface area contributed by atoms with Gasteiger partial charge >= 0.3 is 0 Å². The molecule has 0 radical (unpaired) electrons. The number of benzene rings is 1. The van der Waals surface area contributed by atoms with Crippen LogP contribution >= 0.6 is 0 Å². The van der Waals surface area contributed by atoms with Crippen molar-refractivity contribution in [3.05, 3.63) is 30.0 Å². The number of methoxy groups -OCH3 is 2. The fourth-order valence-electron chi connectivity index (χ4n) is 2.60. The molecule has 0 bridgehead atoms. The smallest absolute Gasteiger partial charge is 0.267 e. The molecule has 0 aliphatic carbocycles. The van der Waals surface area contributed by atoms with Crippen LogP contribution in [0.3, 0.4) is 0 Å². The number of rotatable bonds is 6. The van der Waals surface area contributed by atoms with Crippen LogP contribution in [0.25, 0.3) is 0 Å². The van der Waals surface area contributed by atoms with E-state index in [9.17, 15) is 14.9 Å². The summed E-state index contributed by atoms with van der Waals surface area (Å²) in [6, 6.07) is 6.71. The molecule has 26 heavy (non-hydrogen) atoms. The molecule has 1 fully saturated rings. The van der Waals surface area contributed by atoms with Crippen LogP contribution < -0.4 is 25.4 Å². The van der Waals surface area contributed by atoms with Gasteiger partial charge in [-0.2, -0.15) is 5.26 Å². The van der Waals surface area contributed by atoms with Crippen LogP contribution in [0.5, 0.6) is 11.5 Å². The molecule has 1 aromatic carbocycles. The maximum absolute atomic E-state index is 12.3. The molecular formula is C18H22N4O4. The van der Waals surface area contributed by atoms with Crippen molar-refractivity contribution < 1.29 is 19.1 Å². The highest BCUT2D eigenvalue weighted by Crippen LogP contribution is 2.29. The van der Waals surface area contributed by atoms with Crippen molar-refractivity contribution in [1.29, 1.82) is 5.26 Å². The molecule has 1 saturated heterocycles. The number of carbonyl (C=O) groups is 2. The fraction of sp³-hybridized carbons (Fsp3) is 0.389. The summed E-state index contributed by atoms with van der Waals surface area (Å²) >= 11 is 0. The van der Waals surface area contributed by atoms with Gasteiger partial charge in [0.25, 0.3) is 5.91 Å². The van der Waals surface area contributed by atoms with Crippen LogP contribution in [-0.2, 0) is 9.59 Å². The topological polar surface area (TPSA) is 112 Å². The summed E-state index contributed by atoms with van der Waals surface area (Å²) in [6.07, 6.45) is 2.61. The number of hydrogen-bond acceptors (Lipinski definition) is 6. The van der Waals surface area contributed by atoms with Gasteiger partial charge in [0.05, 0.1) is 19.9 Å². The van der Waals surface area contributed by atoms with Gasteiger partial charge in [-0.25, -0.2) is 0 Å². The summed E-state index contributed by atoms with van der Waals surface area (Å²) in [7, 11) is 2.97. The predicted molar refractivity (Wildman–Crippen MR) is 95.6 cm³/mol. The Kier molecular flexibility index (Phi) is 7.00. The fourth-order valence-corrected chi connectivity index (χ4v) is 2.60. The summed E-state index contributed by atoms with van der Waals surface area (Å²) in [6.45, 7) is 1.56. The lowest BCUT2D eigenvalue weighted by Crippen LogP contribution is -2.36. The second-order valence-corrected chi connectivity index (χ2v) is 5.72. The molecule has 1 aliphatic rings. The summed E-state index contributed by atoms with van der Waals surface area (Å²) < 4.78 is 10.3. The second-order valence-electron chi connectivity index (χ2n) is 5.72. The highest BCUT2D eigenvalue weighted by molar-refractivity contribution is 6.07. The number of nitriles is 1. The standard InChI is InChI=1S/C18H22N4O4/c1-25-14-3-4-16(26-2)15(9-14)22-18(24)13(10-19)11-21-17(23)12-5-7-20-8-6-12/h3-4,9,11-12,20H,5-8H2,1-2H3,(H,21,23)(H,22,24)/b13-11-. The van der Waals surface area contributed by atoms with Crippen molar-refractivity contribution in [3.8, 4) is 17.6 Å². The van der Waals surface area contributed by atoms with Crippen LogP contribution in [0, 0.1) is 17.2 Å². The molecule has 2 rings (SSSR count). The van der Waals surface area contributed by atoms with Crippen molar-refractivity contribution in [1.82, 2.24) is 10.6 Å². The summed E-state index contributed by atoms with van der Waals surface area (Å²) in [4.78, 5) is 24.5. The minimum atomic E-state index is -0.648. The van der Waals surface area contributed by atoms with Crippen molar-refractivity contribution in [3.63, 3.8) is 0 Å². The molecule has 8 heteroatoms. The zero-order valence-electron chi connectivity index (χ0n) is 14.8. The zero-order chi connectivity index (χ0) is 18.9. The van der Waals surface area contributed by atoms with E-state index in [4.69, 9.17) is 9.47 Å². The predicted octanol–water partition coefficient (Wildman–Crippen LogP) is 1.17. The third-order valence-corrected chi connectivity index (χ3v) is 4.09. The van der Waals surface area contributed by atoms with E-state index >= 15 is 0 Å². The van der Waals surface area contributed by atoms with Crippen LogP contribution in [0.1, 0.15) is 12.8 Å². The molecule has 2 amide bonds. The van der Waals surface area contributed by atoms with Crippen LogP contribution in [-0.4, -0.2) is 39.1 Å². The number of nitrogens with zero attached hydrogens (tertiary/aromatic N) is 1. The lowest BCUT2D eigenvalue weighted by atomic mass is 9.97. The number of amides is 2. The highest BCUT2D eigenvalue weighted by Gasteiger charge is 2.21. The van der Waals surface area contributed by atoms with E-state index in [1.54, 1.807) is 24.3 Å². The molecule has 3 N–H and O–H groups in total. The van der Waals surface area contributed by atoms with Crippen molar-refractivity contribution in [2.75, 3.05) is 32.6 Å². The molecule has 0 saturated carbocycles. The van der Waals surface area contributed by atoms with Crippen LogP contribution in [0.15, 0.2) is 30.0 Å². The molecule has 1 aliphatic heterocycles. The van der Waals surface area contributed by atoms with Crippen molar-refractivity contribution in [2.24, 2.45) is 5.92 Å². The maximum Gasteiger partial charge on any atom is 0.267 e. The summed E-state index contributed by atoms with van der Waals surface area (Å²) in [5.41, 5.74) is 0.153. The molecule has 0 aromatic heterocycles. The Labute approximate surface area is 152 Å². The lowest BCUT2D eigenvalue weighted by molar-refractivity contribution is -0.124. The van der Waals surface area contributed by atoms with Gasteiger partial charge in [0.1, 0.15) is 23.1 Å². The minimum Gasteiger partial charge on any atom is -0.497 e. The normalized spacial score (nSPS) is 14.9. The highest BCUT2D eigenvalue weighted by atomic mass is 16.5. The molecular weight excluding hydrogens is 336 g/mol. The zero-order valence-corrected chi connectivity index (χ0v) is 14.8. The van der Waals surface area contributed by atoms with Gasteiger partial charge < -0.3 is 25.4 Å². The van der Waals surface area contributed by atoms with Gasteiger partial charge in [-0.05, 0) is 38.1 Å². The van der Waals surface area contributed by atoms with Gasteiger partial charge in [-0.1, -0.05) is 0 Å². The van der Waals surface area contributed by atoms with E-state index in [2.05, 4.69) is 16.0 Å². The first kappa shape index (κ1) is 19.3. The number of piperidine rings is 1. The average molecular weight is 358 g/mol. The Morgan fingerprint density at radius 2 is 2.00 bits per heavy atom. The molecule has 8 nitrogen and oxygen atoms in total. The third-order valence-electron chi connectivity index (χ3n) is 4.09. The number of hydrogen-bond donors (Lipinski definition) is 3. The van der Waals surface area contributed by atoms with Crippen molar-refractivity contribution in [2.45, 2.75) is 12.8 Å². The molecule has 0 unspecified atom stereocenters. The number of anilines is 1. The molecule has 1 heterocycles. The Morgan fingerprint density at radius 3 is 2.62 bits per heavy atom. The first-order valence-electron chi connectivity index (χ1n) is 8.23. The first-order chi connectivity index (χ1) is 12.6. The Hall–Kier alpha value is -3.05. The largest absolute Gasteiger partial charge is 0.497 e. The molecule has 138 valence electrons. The number of carbonyl (C=O) groups excluding carboxylic acids is 2. The molecule has 1 aromatic rings. The van der Waals surface area contributed by atoms with Gasteiger partial charge in [0.2, 0.25) is 5.91 Å². The van der Waals surface area contributed by atoms with E-state index in [1.165, 1.54) is 14.2 Å². The SMILES string of the molecule is COc1ccc(OC)c(NC(=O)/C(C#N)=C\NC(=O)C2CCNCC2)c1. The van der Waals surface area contributed by atoms with E-state index in [-0.39, 0.29) is 17.4 Å². The molecule has 0 atom stereocenters. The monoisotopic (exact) mass is 358 g/mol. The van der Waals surface area contributed by atoms with E-state index in [0.29, 0.717) is 17.2 Å². The molecule has 0 spiro atoms. The van der Waals surface area contributed by atoms with Gasteiger partial charge in [0, 0.05) is 18.2 Å². The summed E-state index contributed by atoms with van der Waals surface area (Å²) in [5, 5.41) is 17.6. The third kappa shape index (κ3) is 4.97. The minimum absolute atomic E-state index is 0.117. The van der Waals surface area contributed by atoms with E-state index < -0.39 is 5.91 Å². The Bertz CT molecular complexity index is 733. The van der Waals surface area contributed by atoms with E-state index in [1.807, 2.05) is 0 Å². The van der Waals surface area contributed by atoms with E-state index in [0.717, 1.165) is 32.1 Å². The quantitative estimate of drug-likeness (QED) is 0.520. The Morgan fingerprint density at radius 1 is 1.27 bits per heavy atom. The van der Waals surface area contributed by atoms with Gasteiger partial charge in [-0.15, -0.1) is 0 Å². The second kappa shape index (κ2) is 9.44. The van der Waals surface area contributed by atoms with Gasteiger partial charge in [0.15, 0.2) is 0 Å². The lowest BCUT2D eigenvalue weighted by Gasteiger charge is -2.20. The summed E-state index contributed by atoms with van der Waals surface area (Å²) in [5.74, 6) is 0.00244. The number of ether oxygens (including phenoxy) is 2.